The molecule has 2 aromatic rings. The zero-order valence-corrected chi connectivity index (χ0v) is 13.4. The molecule has 0 bridgehead atoms. The van der Waals surface area contributed by atoms with Gasteiger partial charge in [0.15, 0.2) is 0 Å². The van der Waals surface area contributed by atoms with E-state index in [0.29, 0.717) is 13.0 Å². The number of hydrogen-bond donors (Lipinski definition) is 1. The number of hydrogen-bond acceptors (Lipinski definition) is 4. The second kappa shape index (κ2) is 7.22. The largest absolute Gasteiger partial charge is 0.494 e. The monoisotopic (exact) mass is 304 g/mol. The number of benzene rings is 1. The Bertz CT molecular complexity index is 622. The summed E-state index contributed by atoms with van der Waals surface area (Å²) < 4.78 is 5.57. The highest BCUT2D eigenvalue weighted by atomic mass is 32.1. The van der Waals surface area contributed by atoms with Gasteiger partial charge in [-0.25, -0.2) is 4.98 Å². The topological polar surface area (TPSA) is 51.2 Å². The lowest BCUT2D eigenvalue weighted by atomic mass is 10.2. The van der Waals surface area contributed by atoms with Gasteiger partial charge in [-0.2, -0.15) is 0 Å². The van der Waals surface area contributed by atoms with Crippen molar-refractivity contribution < 1.29 is 9.53 Å². The van der Waals surface area contributed by atoms with Gasteiger partial charge in [0.2, 0.25) is 5.91 Å². The average molecular weight is 304 g/mol. The van der Waals surface area contributed by atoms with E-state index in [1.165, 1.54) is 0 Å². The number of thiazole rings is 1. The van der Waals surface area contributed by atoms with E-state index >= 15 is 0 Å². The number of ether oxygens (including phenoxy) is 1. The average Bonchev–Trinajstić information content (AvgIpc) is 2.84. The first kappa shape index (κ1) is 15.5. The van der Waals surface area contributed by atoms with Crippen molar-refractivity contribution >= 4 is 22.9 Å². The molecule has 2 rings (SSSR count). The predicted molar refractivity (Wildman–Crippen MR) is 86.1 cm³/mol. The fraction of sp³-hybridized carbons (Fsp3) is 0.375. The van der Waals surface area contributed by atoms with Crippen LogP contribution in [-0.4, -0.2) is 17.5 Å². The number of anilines is 1. The van der Waals surface area contributed by atoms with Crippen LogP contribution in [0.3, 0.4) is 0 Å². The number of amides is 1. The van der Waals surface area contributed by atoms with Crippen LogP contribution in [0.1, 0.15) is 29.6 Å². The van der Waals surface area contributed by atoms with E-state index < -0.39 is 0 Å². The van der Waals surface area contributed by atoms with Gasteiger partial charge in [0.25, 0.3) is 0 Å². The van der Waals surface area contributed by atoms with Gasteiger partial charge >= 0.3 is 0 Å². The highest BCUT2D eigenvalue weighted by Gasteiger charge is 2.09. The first-order valence-corrected chi connectivity index (χ1v) is 7.90. The van der Waals surface area contributed by atoms with Gasteiger partial charge in [0.05, 0.1) is 23.7 Å². The van der Waals surface area contributed by atoms with E-state index in [-0.39, 0.29) is 5.91 Å². The lowest BCUT2D eigenvalue weighted by Gasteiger charge is -2.10. The minimum absolute atomic E-state index is 0.0503. The molecule has 1 aromatic carbocycles. The van der Waals surface area contributed by atoms with Crippen molar-refractivity contribution in [3.63, 3.8) is 0 Å². The number of aryl methyl sites for hydroxylation is 2. The molecule has 0 saturated heterocycles. The minimum Gasteiger partial charge on any atom is -0.494 e. The maximum Gasteiger partial charge on any atom is 0.230 e. The summed E-state index contributed by atoms with van der Waals surface area (Å²) in [7, 11) is 0. The molecule has 1 aromatic heterocycles. The normalized spacial score (nSPS) is 10.4. The summed E-state index contributed by atoms with van der Waals surface area (Å²) >= 11 is 1.56. The molecule has 0 aliphatic rings. The Balaban J connectivity index is 1.97. The summed E-state index contributed by atoms with van der Waals surface area (Å²) in [4.78, 5) is 16.3. The molecule has 5 heteroatoms. The van der Waals surface area contributed by atoms with Crippen LogP contribution in [0, 0.1) is 13.8 Å². The van der Waals surface area contributed by atoms with E-state index in [1.54, 1.807) is 11.3 Å². The third kappa shape index (κ3) is 4.56. The molecule has 1 N–H and O–H groups in total. The zero-order chi connectivity index (χ0) is 15.2. The maximum absolute atomic E-state index is 12.0. The summed E-state index contributed by atoms with van der Waals surface area (Å²) in [6, 6.07) is 5.70. The lowest BCUT2D eigenvalue weighted by molar-refractivity contribution is -0.115. The molecule has 4 nitrogen and oxygen atoms in total. The van der Waals surface area contributed by atoms with E-state index in [4.69, 9.17) is 4.74 Å². The molecule has 0 aliphatic heterocycles. The van der Waals surface area contributed by atoms with Crippen LogP contribution in [-0.2, 0) is 11.2 Å². The number of rotatable bonds is 6. The zero-order valence-electron chi connectivity index (χ0n) is 12.6. The molecule has 0 aliphatic carbocycles. The minimum atomic E-state index is -0.0503. The molecular formula is C16H20N2O2S. The smallest absolute Gasteiger partial charge is 0.230 e. The molecule has 112 valence electrons. The highest BCUT2D eigenvalue weighted by Crippen LogP contribution is 2.22. The number of nitrogens with zero attached hydrogens (tertiary/aromatic N) is 1. The molecule has 0 unspecified atom stereocenters. The Hall–Kier alpha value is -1.88. The molecule has 0 radical (unpaired) electrons. The molecule has 0 saturated carbocycles. The molecule has 0 spiro atoms. The van der Waals surface area contributed by atoms with Crippen molar-refractivity contribution in [3.05, 3.63) is 39.8 Å². The van der Waals surface area contributed by atoms with Crippen molar-refractivity contribution in [3.8, 4) is 5.75 Å². The molecule has 0 fully saturated rings. The van der Waals surface area contributed by atoms with Gasteiger partial charge < -0.3 is 10.1 Å². The van der Waals surface area contributed by atoms with Crippen molar-refractivity contribution in [2.45, 2.75) is 33.6 Å². The van der Waals surface area contributed by atoms with Crippen LogP contribution in [0.5, 0.6) is 5.75 Å². The molecular weight excluding hydrogens is 284 g/mol. The summed E-state index contributed by atoms with van der Waals surface area (Å²) in [6.45, 7) is 6.67. The second-order valence-corrected chi connectivity index (χ2v) is 5.97. The van der Waals surface area contributed by atoms with Crippen LogP contribution in [0.4, 0.5) is 5.69 Å². The summed E-state index contributed by atoms with van der Waals surface area (Å²) in [5.74, 6) is 0.785. The van der Waals surface area contributed by atoms with Crippen LogP contribution < -0.4 is 10.1 Å². The van der Waals surface area contributed by atoms with Gasteiger partial charge in [-0.15, -0.1) is 11.3 Å². The van der Waals surface area contributed by atoms with E-state index in [0.717, 1.165) is 34.1 Å². The van der Waals surface area contributed by atoms with E-state index in [9.17, 15) is 4.79 Å². The quantitative estimate of drug-likeness (QED) is 0.884. The second-order valence-electron chi connectivity index (χ2n) is 4.91. The van der Waals surface area contributed by atoms with Crippen molar-refractivity contribution in [1.29, 1.82) is 0 Å². The lowest BCUT2D eigenvalue weighted by Crippen LogP contribution is -2.15. The van der Waals surface area contributed by atoms with Crippen molar-refractivity contribution in [1.82, 2.24) is 4.98 Å². The highest BCUT2D eigenvalue weighted by molar-refractivity contribution is 7.09. The third-order valence-electron chi connectivity index (χ3n) is 2.95. The van der Waals surface area contributed by atoms with Gasteiger partial charge in [0.1, 0.15) is 5.75 Å². The SMILES string of the molecule is CCCOc1ccc(NC(=O)Cc2csc(C)n2)c(C)c1. The van der Waals surface area contributed by atoms with Crippen LogP contribution in [0.2, 0.25) is 0 Å². The Morgan fingerprint density at radius 1 is 1.38 bits per heavy atom. The van der Waals surface area contributed by atoms with Gasteiger partial charge in [-0.1, -0.05) is 6.92 Å². The van der Waals surface area contributed by atoms with E-state index in [1.807, 2.05) is 37.4 Å². The number of carbonyl (C=O) groups is 1. The molecule has 21 heavy (non-hydrogen) atoms. The Morgan fingerprint density at radius 3 is 2.81 bits per heavy atom. The fourth-order valence-electron chi connectivity index (χ4n) is 1.93. The van der Waals surface area contributed by atoms with Gasteiger partial charge in [-0.05, 0) is 44.0 Å². The maximum atomic E-state index is 12.0. The van der Waals surface area contributed by atoms with E-state index in [2.05, 4.69) is 17.2 Å². The molecule has 1 heterocycles. The first-order chi connectivity index (χ1) is 10.1. The standard InChI is InChI=1S/C16H20N2O2S/c1-4-7-20-14-5-6-15(11(2)8-14)18-16(19)9-13-10-21-12(3)17-13/h5-6,8,10H,4,7,9H2,1-3H3,(H,18,19). The van der Waals surface area contributed by atoms with Gasteiger partial charge in [0, 0.05) is 11.1 Å². The third-order valence-corrected chi connectivity index (χ3v) is 3.78. The van der Waals surface area contributed by atoms with Crippen LogP contribution in [0.25, 0.3) is 0 Å². The Kier molecular flexibility index (Phi) is 5.33. The predicted octanol–water partition coefficient (Wildman–Crippen LogP) is 3.73. The Morgan fingerprint density at radius 2 is 2.19 bits per heavy atom. The van der Waals surface area contributed by atoms with Crippen LogP contribution >= 0.6 is 11.3 Å². The van der Waals surface area contributed by atoms with Crippen LogP contribution in [0.15, 0.2) is 23.6 Å². The molecule has 1 amide bonds. The summed E-state index contributed by atoms with van der Waals surface area (Å²) in [5, 5.41) is 5.82. The number of carbonyl (C=O) groups excluding carboxylic acids is 1. The van der Waals surface area contributed by atoms with Crippen molar-refractivity contribution in [2.24, 2.45) is 0 Å². The summed E-state index contributed by atoms with van der Waals surface area (Å²) in [6.07, 6.45) is 1.28. The van der Waals surface area contributed by atoms with Crippen molar-refractivity contribution in [2.75, 3.05) is 11.9 Å². The Labute approximate surface area is 129 Å². The van der Waals surface area contributed by atoms with Gasteiger partial charge in [-0.3, -0.25) is 4.79 Å². The summed E-state index contributed by atoms with van der Waals surface area (Å²) in [5.41, 5.74) is 2.62. The number of nitrogens with one attached hydrogen (secondary N) is 1. The fourth-order valence-corrected chi connectivity index (χ4v) is 2.55. The first-order valence-electron chi connectivity index (χ1n) is 7.02. The molecule has 0 atom stereocenters. The number of aromatic nitrogens is 1.